The molecule has 1 aromatic heterocycles. The van der Waals surface area contributed by atoms with Crippen LogP contribution in [0.1, 0.15) is 104 Å². The minimum atomic E-state index is -0.377. The van der Waals surface area contributed by atoms with E-state index in [4.69, 9.17) is 4.74 Å². The number of aromatic nitrogens is 1. The van der Waals surface area contributed by atoms with E-state index in [1.54, 1.807) is 0 Å². The molecule has 1 aliphatic carbocycles. The fourth-order valence-corrected chi connectivity index (χ4v) is 3.83. The summed E-state index contributed by atoms with van der Waals surface area (Å²) in [6.07, 6.45) is 7.55. The van der Waals surface area contributed by atoms with Crippen LogP contribution in [0.2, 0.25) is 0 Å². The Kier molecular flexibility index (Phi) is 11.5. The average molecular weight is 707 g/mol. The number of hydrogen-bond acceptors (Lipinski definition) is 4. The first kappa shape index (κ1) is 32.7. The minimum Gasteiger partial charge on any atom is -0.512 e. The molecule has 5 heteroatoms. The fourth-order valence-electron chi connectivity index (χ4n) is 3.83. The van der Waals surface area contributed by atoms with E-state index in [-0.39, 0.29) is 42.5 Å². The zero-order valence-corrected chi connectivity index (χ0v) is 27.1. The molecule has 1 fully saturated rings. The second-order valence-electron chi connectivity index (χ2n) is 12.0. The molecular formula is C34H44IrNO3-. The van der Waals surface area contributed by atoms with Gasteiger partial charge in [-0.1, -0.05) is 67.5 Å². The Morgan fingerprint density at radius 3 is 2.31 bits per heavy atom. The second kappa shape index (κ2) is 13.7. The van der Waals surface area contributed by atoms with Crippen LogP contribution in [-0.4, -0.2) is 15.9 Å². The van der Waals surface area contributed by atoms with Crippen molar-refractivity contribution in [1.82, 2.24) is 4.98 Å². The summed E-state index contributed by atoms with van der Waals surface area (Å²) in [6, 6.07) is 17.4. The smallest absolute Gasteiger partial charge is 0.217 e. The van der Waals surface area contributed by atoms with Crippen molar-refractivity contribution in [3.05, 3.63) is 77.7 Å². The number of ketones is 1. The molecule has 1 aliphatic rings. The van der Waals surface area contributed by atoms with Gasteiger partial charge in [-0.2, -0.15) is 18.2 Å². The average Bonchev–Trinajstić information content (AvgIpc) is 3.74. The molecule has 39 heavy (non-hydrogen) atoms. The third-order valence-electron chi connectivity index (χ3n) is 7.84. The number of nitrogens with zero attached hydrogens (tertiary/aromatic N) is 1. The molecule has 213 valence electrons. The molecular weight excluding hydrogens is 663 g/mol. The summed E-state index contributed by atoms with van der Waals surface area (Å²) in [6.45, 7) is 16.1. The maximum absolute atomic E-state index is 11.8. The van der Waals surface area contributed by atoms with Crippen molar-refractivity contribution in [1.29, 1.82) is 0 Å². The summed E-state index contributed by atoms with van der Waals surface area (Å²) in [4.78, 5) is 16.3. The van der Waals surface area contributed by atoms with Crippen LogP contribution in [0.3, 0.4) is 0 Å². The molecule has 1 heterocycles. The van der Waals surface area contributed by atoms with Gasteiger partial charge in [-0.3, -0.25) is 4.79 Å². The maximum Gasteiger partial charge on any atom is 0.217 e. The van der Waals surface area contributed by atoms with Gasteiger partial charge in [0.15, 0.2) is 5.78 Å². The molecule has 0 saturated heterocycles. The molecule has 1 saturated carbocycles. The summed E-state index contributed by atoms with van der Waals surface area (Å²) in [7, 11) is 0. The second-order valence-corrected chi connectivity index (χ2v) is 12.0. The van der Waals surface area contributed by atoms with E-state index in [1.807, 2.05) is 78.1 Å². The largest absolute Gasteiger partial charge is 0.512 e. The zero-order chi connectivity index (χ0) is 28.1. The molecule has 0 bridgehead atoms. The number of allylic oxidation sites excluding steroid dienone is 2. The van der Waals surface area contributed by atoms with Crippen LogP contribution >= 0.6 is 0 Å². The molecule has 4 rings (SSSR count). The summed E-state index contributed by atoms with van der Waals surface area (Å²) in [5.74, 6) is 2.76. The van der Waals surface area contributed by atoms with Gasteiger partial charge in [-0.25, -0.2) is 4.98 Å². The number of aliphatic hydroxyl groups is 1. The Hall–Kier alpha value is -2.49. The fraction of sp³-hybridized carbons (Fsp3) is 0.471. The minimum absolute atomic E-state index is 0. The van der Waals surface area contributed by atoms with Gasteiger partial charge in [-0.15, -0.1) is 12.1 Å². The molecule has 1 N–H and O–H groups in total. The van der Waals surface area contributed by atoms with E-state index in [0.29, 0.717) is 23.5 Å². The third-order valence-corrected chi connectivity index (χ3v) is 7.84. The Morgan fingerprint density at radius 1 is 1.10 bits per heavy atom. The number of para-hydroxylation sites is 1. The van der Waals surface area contributed by atoms with Gasteiger partial charge in [0.05, 0.1) is 0 Å². The van der Waals surface area contributed by atoms with Crippen molar-refractivity contribution in [2.45, 2.75) is 92.9 Å². The molecule has 4 nitrogen and oxygen atoms in total. The maximum atomic E-state index is 11.8. The molecule has 1 radical (unpaired) electrons. The van der Waals surface area contributed by atoms with E-state index in [1.165, 1.54) is 40.8 Å². The van der Waals surface area contributed by atoms with Crippen LogP contribution in [0.25, 0.3) is 10.8 Å². The van der Waals surface area contributed by atoms with Crippen LogP contribution in [0.5, 0.6) is 11.6 Å². The molecule has 3 aromatic rings. The van der Waals surface area contributed by atoms with E-state index in [0.717, 1.165) is 12.8 Å². The topological polar surface area (TPSA) is 59.4 Å². The number of carbonyl (C=O) groups is 1. The molecule has 0 aliphatic heterocycles. The number of aliphatic hydroxyl groups excluding tert-OH is 1. The van der Waals surface area contributed by atoms with Crippen molar-refractivity contribution in [2.24, 2.45) is 10.8 Å². The zero-order valence-electron chi connectivity index (χ0n) is 24.7. The Balaban J connectivity index is 0.000000294. The van der Waals surface area contributed by atoms with Crippen LogP contribution in [0, 0.1) is 16.9 Å². The number of fused-ring (bicyclic) bond motifs is 1. The van der Waals surface area contributed by atoms with Crippen LogP contribution in [0.4, 0.5) is 0 Å². The van der Waals surface area contributed by atoms with Gasteiger partial charge >= 0.3 is 0 Å². The SMILES string of the molecule is CC(C)c1cc(C2CC2)c2cnc(Oc3[c-]cccc3)cc2c1.CCC(C)(C)C(=O)/C=C(\O)C(C)(C)CC.[Ir]. The third kappa shape index (κ3) is 8.75. The molecule has 0 unspecified atom stereocenters. The van der Waals surface area contributed by atoms with Crippen molar-refractivity contribution < 1.29 is 34.7 Å². The van der Waals surface area contributed by atoms with E-state index >= 15 is 0 Å². The Bertz CT molecular complexity index is 1270. The first-order chi connectivity index (χ1) is 17.9. The first-order valence-corrected chi connectivity index (χ1v) is 13.9. The molecule has 0 spiro atoms. The summed E-state index contributed by atoms with van der Waals surface area (Å²) >= 11 is 0. The molecule has 2 aromatic carbocycles. The van der Waals surface area contributed by atoms with Gasteiger partial charge in [0.1, 0.15) is 5.76 Å². The number of ether oxygens (including phenoxy) is 1. The van der Waals surface area contributed by atoms with Gasteiger partial charge in [0.25, 0.3) is 0 Å². The van der Waals surface area contributed by atoms with E-state index in [2.05, 4.69) is 37.0 Å². The Labute approximate surface area is 248 Å². The van der Waals surface area contributed by atoms with Crippen molar-refractivity contribution in [3.8, 4) is 11.6 Å². The van der Waals surface area contributed by atoms with Crippen LogP contribution < -0.4 is 4.74 Å². The number of pyridine rings is 1. The predicted octanol–water partition coefficient (Wildman–Crippen LogP) is 9.70. The van der Waals surface area contributed by atoms with Crippen molar-refractivity contribution in [3.63, 3.8) is 0 Å². The number of hydrogen-bond donors (Lipinski definition) is 1. The quantitative estimate of drug-likeness (QED) is 0.137. The number of rotatable bonds is 9. The molecule has 0 amide bonds. The standard InChI is InChI=1S/C21H20NO.C13H24O2.Ir/c1-14(2)16-10-17-12-21(23-18-6-4-3-5-7-18)22-13-20(17)19(11-16)15-8-9-15;1-7-12(3,4)10(14)9-11(15)13(5,6)8-2;/h3-6,10-15H,8-9H2,1-2H3;9,14H,7-8H2,1-6H3;/q-1;;/b;10-9-;. The molecule has 0 atom stereocenters. The van der Waals surface area contributed by atoms with Crippen LogP contribution in [0.15, 0.2) is 60.5 Å². The summed E-state index contributed by atoms with van der Waals surface area (Å²) < 4.78 is 5.84. The van der Waals surface area contributed by atoms with Gasteiger partial charge in [-0.05, 0) is 54.0 Å². The van der Waals surface area contributed by atoms with E-state index in [9.17, 15) is 9.90 Å². The predicted molar refractivity (Wildman–Crippen MR) is 157 cm³/mol. The van der Waals surface area contributed by atoms with Crippen molar-refractivity contribution in [2.75, 3.05) is 0 Å². The number of carbonyl (C=O) groups excluding carboxylic acids is 1. The summed E-state index contributed by atoms with van der Waals surface area (Å²) in [5, 5.41) is 12.3. The first-order valence-electron chi connectivity index (χ1n) is 13.9. The van der Waals surface area contributed by atoms with E-state index < -0.39 is 0 Å². The van der Waals surface area contributed by atoms with Gasteiger partial charge in [0.2, 0.25) is 5.88 Å². The number of benzene rings is 2. The normalized spacial score (nSPS) is 13.9. The van der Waals surface area contributed by atoms with Crippen LogP contribution in [-0.2, 0) is 24.9 Å². The van der Waals surface area contributed by atoms with Gasteiger partial charge in [0, 0.05) is 60.4 Å². The van der Waals surface area contributed by atoms with Gasteiger partial charge < -0.3 is 9.84 Å². The van der Waals surface area contributed by atoms with Crippen molar-refractivity contribution >= 4 is 16.6 Å². The Morgan fingerprint density at radius 2 is 1.77 bits per heavy atom. The summed E-state index contributed by atoms with van der Waals surface area (Å²) in [5.41, 5.74) is 2.16. The monoisotopic (exact) mass is 707 g/mol.